The molecule has 1 saturated carbocycles. The average Bonchev–Trinajstić information content (AvgIpc) is 3.29. The third-order valence-corrected chi connectivity index (χ3v) is 5.13. The molecule has 1 atom stereocenters. The Labute approximate surface area is 137 Å². The van der Waals surface area contributed by atoms with Crippen molar-refractivity contribution >= 4 is 15.9 Å². The second-order valence-electron chi connectivity index (χ2n) is 5.96. The van der Waals surface area contributed by atoms with Gasteiger partial charge in [-0.15, -0.1) is 0 Å². The Kier molecular flexibility index (Phi) is 6.15. The molecule has 1 amide bonds. The lowest BCUT2D eigenvalue weighted by Gasteiger charge is -2.12. The van der Waals surface area contributed by atoms with Gasteiger partial charge in [0.25, 0.3) is 0 Å². The second kappa shape index (κ2) is 7.90. The maximum Gasteiger partial charge on any atom is 0.240 e. The molecule has 1 fully saturated rings. The predicted octanol–water partition coefficient (Wildman–Crippen LogP) is 1.21. The number of sulfonamides is 1. The Bertz CT molecular complexity index is 624. The lowest BCUT2D eigenvalue weighted by Crippen LogP contribution is -2.35. The number of rotatable bonds is 9. The van der Waals surface area contributed by atoms with Crippen molar-refractivity contribution in [3.8, 4) is 0 Å². The van der Waals surface area contributed by atoms with Gasteiger partial charge in [0, 0.05) is 25.6 Å². The van der Waals surface area contributed by atoms with Crippen LogP contribution in [0, 0.1) is 0 Å². The minimum absolute atomic E-state index is 0.0199. The highest BCUT2D eigenvalue weighted by atomic mass is 32.2. The second-order valence-corrected chi connectivity index (χ2v) is 7.68. The molecule has 7 heteroatoms. The summed E-state index contributed by atoms with van der Waals surface area (Å²) in [5, 5.41) is 2.85. The van der Waals surface area contributed by atoms with E-state index in [0.29, 0.717) is 19.4 Å². The van der Waals surface area contributed by atoms with Gasteiger partial charge in [0.05, 0.1) is 11.5 Å². The van der Waals surface area contributed by atoms with E-state index in [4.69, 9.17) is 4.74 Å². The first-order valence-electron chi connectivity index (χ1n) is 7.80. The summed E-state index contributed by atoms with van der Waals surface area (Å²) in [5.41, 5.74) is 0.935. The molecule has 128 valence electrons. The molecule has 23 heavy (non-hydrogen) atoms. The van der Waals surface area contributed by atoms with Crippen LogP contribution in [0.25, 0.3) is 0 Å². The van der Waals surface area contributed by atoms with Crippen LogP contribution in [0.5, 0.6) is 0 Å². The van der Waals surface area contributed by atoms with Crippen LogP contribution in [0.1, 0.15) is 31.7 Å². The van der Waals surface area contributed by atoms with Crippen LogP contribution in [-0.2, 0) is 26.0 Å². The molecule has 0 spiro atoms. The Hall–Kier alpha value is -1.44. The molecular weight excluding hydrogens is 316 g/mol. The molecule has 0 bridgehead atoms. The smallest absolute Gasteiger partial charge is 0.240 e. The van der Waals surface area contributed by atoms with E-state index in [-0.39, 0.29) is 22.9 Å². The van der Waals surface area contributed by atoms with Gasteiger partial charge >= 0.3 is 0 Å². The number of amides is 1. The van der Waals surface area contributed by atoms with Crippen molar-refractivity contribution in [3.63, 3.8) is 0 Å². The molecular formula is C16H24N2O4S. The van der Waals surface area contributed by atoms with E-state index in [1.807, 2.05) is 6.92 Å². The number of hydrogen-bond acceptors (Lipinski definition) is 4. The zero-order valence-electron chi connectivity index (χ0n) is 13.5. The molecule has 0 radical (unpaired) electrons. The van der Waals surface area contributed by atoms with Crippen LogP contribution in [0.2, 0.25) is 0 Å². The summed E-state index contributed by atoms with van der Waals surface area (Å²) >= 11 is 0. The Morgan fingerprint density at radius 1 is 1.30 bits per heavy atom. The van der Waals surface area contributed by atoms with Gasteiger partial charge in [-0.05, 0) is 43.9 Å². The number of benzene rings is 1. The van der Waals surface area contributed by atoms with E-state index in [1.54, 1.807) is 31.4 Å². The lowest BCUT2D eigenvalue weighted by molar-refractivity contribution is -0.122. The molecule has 2 N–H and O–H groups in total. The largest absolute Gasteiger partial charge is 0.383 e. The fourth-order valence-corrected chi connectivity index (χ4v) is 3.53. The highest BCUT2D eigenvalue weighted by Crippen LogP contribution is 2.22. The molecule has 1 aromatic rings. The number of carbonyl (C=O) groups excluding carboxylic acids is 1. The molecule has 1 aliphatic carbocycles. The third kappa shape index (κ3) is 5.93. The summed E-state index contributed by atoms with van der Waals surface area (Å²) in [5.74, 6) is -0.0401. The van der Waals surface area contributed by atoms with Gasteiger partial charge < -0.3 is 10.1 Å². The van der Waals surface area contributed by atoms with E-state index in [1.165, 1.54) is 0 Å². The SMILES string of the molecule is COC[C@H](C)NC(=O)CCc1ccc(S(=O)(=O)NC2CC2)cc1. The highest BCUT2D eigenvalue weighted by Gasteiger charge is 2.27. The molecule has 0 aromatic heterocycles. The first-order chi connectivity index (χ1) is 10.9. The Morgan fingerprint density at radius 3 is 2.52 bits per heavy atom. The summed E-state index contributed by atoms with van der Waals surface area (Å²) < 4.78 is 31.7. The van der Waals surface area contributed by atoms with Crippen molar-refractivity contribution in [3.05, 3.63) is 29.8 Å². The summed E-state index contributed by atoms with van der Waals surface area (Å²) in [4.78, 5) is 12.1. The van der Waals surface area contributed by atoms with Gasteiger partial charge in [-0.2, -0.15) is 0 Å². The van der Waals surface area contributed by atoms with Crippen molar-refractivity contribution in [2.45, 2.75) is 49.6 Å². The molecule has 1 aromatic carbocycles. The number of aryl methyl sites for hydroxylation is 1. The van der Waals surface area contributed by atoms with E-state index < -0.39 is 10.0 Å². The number of ether oxygens (including phenoxy) is 1. The van der Waals surface area contributed by atoms with Crippen LogP contribution in [0.15, 0.2) is 29.2 Å². The highest BCUT2D eigenvalue weighted by molar-refractivity contribution is 7.89. The van der Waals surface area contributed by atoms with Gasteiger partial charge in [-0.3, -0.25) is 4.79 Å². The number of hydrogen-bond donors (Lipinski definition) is 2. The van der Waals surface area contributed by atoms with E-state index >= 15 is 0 Å². The number of carbonyl (C=O) groups is 1. The quantitative estimate of drug-likeness (QED) is 0.708. The Balaban J connectivity index is 1.84. The van der Waals surface area contributed by atoms with Gasteiger partial charge in [0.1, 0.15) is 0 Å². The van der Waals surface area contributed by atoms with Gasteiger partial charge in [-0.25, -0.2) is 13.1 Å². The average molecular weight is 340 g/mol. The van der Waals surface area contributed by atoms with Gasteiger partial charge in [0.15, 0.2) is 0 Å². The van der Waals surface area contributed by atoms with Gasteiger partial charge in [-0.1, -0.05) is 12.1 Å². The molecule has 0 heterocycles. The normalized spacial score (nSPS) is 16.1. The first-order valence-corrected chi connectivity index (χ1v) is 9.28. The topological polar surface area (TPSA) is 84.5 Å². The van der Waals surface area contributed by atoms with Crippen LogP contribution in [0.3, 0.4) is 0 Å². The predicted molar refractivity (Wildman–Crippen MR) is 87.6 cm³/mol. The molecule has 2 rings (SSSR count). The maximum atomic E-state index is 12.1. The molecule has 6 nitrogen and oxygen atoms in total. The van der Waals surface area contributed by atoms with Crippen molar-refractivity contribution in [1.29, 1.82) is 0 Å². The van der Waals surface area contributed by atoms with Crippen molar-refractivity contribution < 1.29 is 17.9 Å². The third-order valence-electron chi connectivity index (χ3n) is 3.60. The number of nitrogens with one attached hydrogen (secondary N) is 2. The van der Waals surface area contributed by atoms with E-state index in [2.05, 4.69) is 10.0 Å². The monoisotopic (exact) mass is 340 g/mol. The van der Waals surface area contributed by atoms with Crippen LogP contribution in [0.4, 0.5) is 0 Å². The van der Waals surface area contributed by atoms with Crippen LogP contribution >= 0.6 is 0 Å². The van der Waals surface area contributed by atoms with E-state index in [9.17, 15) is 13.2 Å². The fraction of sp³-hybridized carbons (Fsp3) is 0.562. The summed E-state index contributed by atoms with van der Waals surface area (Å²) in [7, 11) is -1.82. The fourth-order valence-electron chi connectivity index (χ4n) is 2.22. The maximum absolute atomic E-state index is 12.1. The Morgan fingerprint density at radius 2 is 1.96 bits per heavy atom. The van der Waals surface area contributed by atoms with Crippen molar-refractivity contribution in [2.24, 2.45) is 0 Å². The van der Waals surface area contributed by atoms with Crippen molar-refractivity contribution in [2.75, 3.05) is 13.7 Å². The minimum atomic E-state index is -3.41. The minimum Gasteiger partial charge on any atom is -0.383 e. The number of methoxy groups -OCH3 is 1. The first kappa shape index (κ1) is 17.9. The van der Waals surface area contributed by atoms with Crippen LogP contribution < -0.4 is 10.0 Å². The van der Waals surface area contributed by atoms with Gasteiger partial charge in [0.2, 0.25) is 15.9 Å². The van der Waals surface area contributed by atoms with E-state index in [0.717, 1.165) is 18.4 Å². The zero-order valence-corrected chi connectivity index (χ0v) is 14.4. The molecule has 0 aliphatic heterocycles. The van der Waals surface area contributed by atoms with Crippen LogP contribution in [-0.4, -0.2) is 40.1 Å². The standard InChI is InChI=1S/C16H24N2O4S/c1-12(11-22-2)17-16(19)10-5-13-3-8-15(9-4-13)23(20,21)18-14-6-7-14/h3-4,8-9,12,14,18H,5-7,10-11H2,1-2H3,(H,17,19)/t12-/m0/s1. The van der Waals surface area contributed by atoms with Crippen molar-refractivity contribution in [1.82, 2.24) is 10.0 Å². The lowest BCUT2D eigenvalue weighted by atomic mass is 10.1. The zero-order chi connectivity index (χ0) is 16.9. The molecule has 0 saturated heterocycles. The summed E-state index contributed by atoms with van der Waals surface area (Å²) in [6.45, 7) is 2.36. The molecule has 1 aliphatic rings. The summed E-state index contributed by atoms with van der Waals surface area (Å²) in [6.07, 6.45) is 2.75. The summed E-state index contributed by atoms with van der Waals surface area (Å²) in [6, 6.07) is 6.77. The molecule has 0 unspecified atom stereocenters.